The first-order valence-electron chi connectivity index (χ1n) is 6.31. The van der Waals surface area contributed by atoms with E-state index < -0.39 is 0 Å². The first-order valence-corrected chi connectivity index (χ1v) is 6.69. The van der Waals surface area contributed by atoms with Crippen molar-refractivity contribution in [2.24, 2.45) is 0 Å². The molecule has 0 spiro atoms. The number of hydrogen-bond donors (Lipinski definition) is 1. The predicted octanol–water partition coefficient (Wildman–Crippen LogP) is 2.87. The summed E-state index contributed by atoms with van der Waals surface area (Å²) in [4.78, 5) is 10.8. The van der Waals surface area contributed by atoms with Crippen LogP contribution in [0.25, 0.3) is 0 Å². The van der Waals surface area contributed by atoms with Crippen LogP contribution in [0.15, 0.2) is 30.3 Å². The van der Waals surface area contributed by atoms with Crippen molar-refractivity contribution in [1.82, 2.24) is 9.97 Å². The molecule has 0 fully saturated rings. The fourth-order valence-corrected chi connectivity index (χ4v) is 2.55. The Kier molecular flexibility index (Phi) is 3.25. The molecule has 3 rings (SSSR count). The van der Waals surface area contributed by atoms with Gasteiger partial charge in [0.25, 0.3) is 0 Å². The Morgan fingerprint density at radius 1 is 1.26 bits per heavy atom. The summed E-state index contributed by atoms with van der Waals surface area (Å²) in [5.41, 5.74) is 3.15. The van der Waals surface area contributed by atoms with Crippen molar-refractivity contribution >= 4 is 23.1 Å². The van der Waals surface area contributed by atoms with Crippen LogP contribution < -0.4 is 10.2 Å². The molecule has 0 amide bonds. The summed E-state index contributed by atoms with van der Waals surface area (Å²) in [5, 5.41) is 3.65. The molecule has 1 aliphatic heterocycles. The Bertz CT molecular complexity index is 585. The lowest BCUT2D eigenvalue weighted by atomic mass is 10.2. The maximum absolute atomic E-state index is 5.97. The lowest BCUT2D eigenvalue weighted by Crippen LogP contribution is -2.35. The van der Waals surface area contributed by atoms with Crippen LogP contribution in [0.4, 0.5) is 11.5 Å². The molecular formula is C14H15ClN4. The van der Waals surface area contributed by atoms with E-state index in [1.165, 1.54) is 5.56 Å². The number of aromatic nitrogens is 2. The Morgan fingerprint density at radius 2 is 2.05 bits per heavy atom. The van der Waals surface area contributed by atoms with Gasteiger partial charge in [0.1, 0.15) is 0 Å². The van der Waals surface area contributed by atoms with Crippen molar-refractivity contribution in [2.75, 3.05) is 23.3 Å². The monoisotopic (exact) mass is 274 g/mol. The summed E-state index contributed by atoms with van der Waals surface area (Å²) in [6.07, 6.45) is 0. The quantitative estimate of drug-likeness (QED) is 0.855. The van der Waals surface area contributed by atoms with E-state index in [9.17, 15) is 0 Å². The summed E-state index contributed by atoms with van der Waals surface area (Å²) in [6.45, 7) is 4.59. The molecule has 2 aromatic rings. The standard InChI is InChI=1S/C14H15ClN4/c1-10-12-13(18-14(15)17-10)19(8-7-16-12)9-11-5-3-2-4-6-11/h2-6,16H,7-9H2,1H3. The second-order valence-corrected chi connectivity index (χ2v) is 4.95. The lowest BCUT2D eigenvalue weighted by molar-refractivity contribution is 0.763. The molecule has 4 nitrogen and oxygen atoms in total. The maximum atomic E-state index is 5.97. The number of fused-ring (bicyclic) bond motifs is 1. The normalized spacial score (nSPS) is 13.9. The van der Waals surface area contributed by atoms with Gasteiger partial charge in [-0.15, -0.1) is 0 Å². The molecule has 0 atom stereocenters. The first kappa shape index (κ1) is 12.2. The van der Waals surface area contributed by atoms with E-state index in [4.69, 9.17) is 11.6 Å². The van der Waals surface area contributed by atoms with Gasteiger partial charge in [0, 0.05) is 19.6 Å². The molecule has 0 saturated carbocycles. The summed E-state index contributed by atoms with van der Waals surface area (Å²) in [5.74, 6) is 0.896. The van der Waals surface area contributed by atoms with Gasteiger partial charge in [-0.25, -0.2) is 4.98 Å². The van der Waals surface area contributed by atoms with Gasteiger partial charge in [0.2, 0.25) is 5.28 Å². The van der Waals surface area contributed by atoms with E-state index >= 15 is 0 Å². The highest BCUT2D eigenvalue weighted by molar-refractivity contribution is 6.28. The van der Waals surface area contributed by atoms with E-state index in [1.807, 2.05) is 13.0 Å². The Hall–Kier alpha value is -1.81. The van der Waals surface area contributed by atoms with Crippen LogP contribution in [0.1, 0.15) is 11.3 Å². The predicted molar refractivity (Wildman–Crippen MR) is 77.8 cm³/mol. The van der Waals surface area contributed by atoms with E-state index in [0.29, 0.717) is 5.28 Å². The summed E-state index contributed by atoms with van der Waals surface area (Å²) in [7, 11) is 0. The third-order valence-corrected chi connectivity index (χ3v) is 3.41. The van der Waals surface area contributed by atoms with Gasteiger partial charge in [0.15, 0.2) is 5.82 Å². The Labute approximate surface area is 117 Å². The molecular weight excluding hydrogens is 260 g/mol. The van der Waals surface area contributed by atoms with E-state index in [0.717, 1.165) is 36.8 Å². The summed E-state index contributed by atoms with van der Waals surface area (Å²) < 4.78 is 0. The van der Waals surface area contributed by atoms with Crippen molar-refractivity contribution in [3.05, 3.63) is 46.9 Å². The van der Waals surface area contributed by atoms with Crippen LogP contribution in [0.5, 0.6) is 0 Å². The van der Waals surface area contributed by atoms with Crippen molar-refractivity contribution in [3.63, 3.8) is 0 Å². The highest BCUT2D eigenvalue weighted by Crippen LogP contribution is 2.31. The third-order valence-electron chi connectivity index (χ3n) is 3.24. The summed E-state index contributed by atoms with van der Waals surface area (Å²) >= 11 is 5.97. The summed E-state index contributed by atoms with van der Waals surface area (Å²) in [6, 6.07) is 10.4. The number of halogens is 1. The van der Waals surface area contributed by atoms with Gasteiger partial charge in [-0.3, -0.25) is 0 Å². The third kappa shape index (κ3) is 2.49. The smallest absolute Gasteiger partial charge is 0.224 e. The average Bonchev–Trinajstić information content (AvgIpc) is 2.41. The van der Waals surface area contributed by atoms with Crippen LogP contribution in [0, 0.1) is 6.92 Å². The molecule has 1 aliphatic rings. The first-order chi connectivity index (χ1) is 9.24. The zero-order valence-corrected chi connectivity index (χ0v) is 11.5. The molecule has 1 N–H and O–H groups in total. The molecule has 0 unspecified atom stereocenters. The number of anilines is 2. The molecule has 0 aliphatic carbocycles. The van der Waals surface area contributed by atoms with E-state index in [1.54, 1.807) is 0 Å². The van der Waals surface area contributed by atoms with Crippen molar-refractivity contribution in [2.45, 2.75) is 13.5 Å². The van der Waals surface area contributed by atoms with Crippen LogP contribution in [0.2, 0.25) is 5.28 Å². The number of benzene rings is 1. The highest BCUT2D eigenvalue weighted by Gasteiger charge is 2.21. The molecule has 1 aromatic carbocycles. The van der Waals surface area contributed by atoms with Gasteiger partial charge < -0.3 is 10.2 Å². The number of aryl methyl sites for hydroxylation is 1. The molecule has 98 valence electrons. The van der Waals surface area contributed by atoms with E-state index in [2.05, 4.69) is 44.5 Å². The van der Waals surface area contributed by atoms with Gasteiger partial charge in [-0.1, -0.05) is 30.3 Å². The van der Waals surface area contributed by atoms with Gasteiger partial charge >= 0.3 is 0 Å². The second-order valence-electron chi connectivity index (χ2n) is 4.61. The molecule has 0 bridgehead atoms. The fraction of sp³-hybridized carbons (Fsp3) is 0.286. The largest absolute Gasteiger partial charge is 0.379 e. The van der Waals surface area contributed by atoms with Gasteiger partial charge in [0.05, 0.1) is 11.4 Å². The molecule has 5 heteroatoms. The molecule has 0 saturated heterocycles. The maximum Gasteiger partial charge on any atom is 0.224 e. The number of nitrogens with zero attached hydrogens (tertiary/aromatic N) is 3. The van der Waals surface area contributed by atoms with Crippen molar-refractivity contribution in [1.29, 1.82) is 0 Å². The second kappa shape index (κ2) is 5.05. The topological polar surface area (TPSA) is 41.1 Å². The van der Waals surface area contributed by atoms with Gasteiger partial charge in [-0.05, 0) is 24.1 Å². The van der Waals surface area contributed by atoms with Crippen molar-refractivity contribution in [3.8, 4) is 0 Å². The number of hydrogen-bond acceptors (Lipinski definition) is 4. The molecule has 19 heavy (non-hydrogen) atoms. The minimum Gasteiger partial charge on any atom is -0.379 e. The minimum atomic E-state index is 0.304. The number of rotatable bonds is 2. The SMILES string of the molecule is Cc1nc(Cl)nc2c1NCCN2Cc1ccccc1. The molecule has 1 aromatic heterocycles. The Morgan fingerprint density at radius 3 is 2.84 bits per heavy atom. The number of nitrogens with one attached hydrogen (secondary N) is 1. The highest BCUT2D eigenvalue weighted by atomic mass is 35.5. The fourth-order valence-electron chi connectivity index (χ4n) is 2.34. The zero-order chi connectivity index (χ0) is 13.2. The van der Waals surface area contributed by atoms with Crippen LogP contribution in [-0.4, -0.2) is 23.1 Å². The van der Waals surface area contributed by atoms with Crippen LogP contribution in [0.3, 0.4) is 0 Å². The van der Waals surface area contributed by atoms with Crippen LogP contribution in [-0.2, 0) is 6.54 Å². The van der Waals surface area contributed by atoms with E-state index in [-0.39, 0.29) is 0 Å². The minimum absolute atomic E-state index is 0.304. The molecule has 2 heterocycles. The van der Waals surface area contributed by atoms with Gasteiger partial charge in [-0.2, -0.15) is 4.98 Å². The van der Waals surface area contributed by atoms with Crippen molar-refractivity contribution < 1.29 is 0 Å². The molecule has 0 radical (unpaired) electrons. The average molecular weight is 275 g/mol. The zero-order valence-electron chi connectivity index (χ0n) is 10.7. The van der Waals surface area contributed by atoms with Crippen LogP contribution >= 0.6 is 11.6 Å². The lowest BCUT2D eigenvalue weighted by Gasteiger charge is -2.31. The Balaban J connectivity index is 1.94.